The first kappa shape index (κ1) is 16.5. The molecule has 0 aliphatic carbocycles. The molecule has 3 rings (SSSR count). The molecule has 0 saturated heterocycles. The summed E-state index contributed by atoms with van der Waals surface area (Å²) in [5, 5.41) is 13.5. The molecule has 2 aromatic carbocycles. The van der Waals surface area contributed by atoms with Gasteiger partial charge in [0.05, 0.1) is 4.88 Å². The second-order valence-electron chi connectivity index (χ2n) is 5.83. The van der Waals surface area contributed by atoms with E-state index in [0.717, 1.165) is 29.7 Å². The van der Waals surface area contributed by atoms with Gasteiger partial charge in [0.2, 0.25) is 0 Å². The molecule has 0 aliphatic heterocycles. The number of aromatic hydroxyl groups is 1. The second kappa shape index (κ2) is 7.49. The van der Waals surface area contributed by atoms with Crippen molar-refractivity contribution in [2.45, 2.75) is 26.2 Å². The Morgan fingerprint density at radius 2 is 1.83 bits per heavy atom. The lowest BCUT2D eigenvalue weighted by Gasteiger charge is -2.06. The molecule has 124 valence electrons. The fourth-order valence-electron chi connectivity index (χ4n) is 2.84. The summed E-state index contributed by atoms with van der Waals surface area (Å²) in [7, 11) is 0. The average molecular weight is 339 g/mol. The summed E-state index contributed by atoms with van der Waals surface area (Å²) < 4.78 is 1.17. The third-order valence-corrected chi connectivity index (χ3v) is 5.25. The Kier molecular flexibility index (Phi) is 5.16. The minimum Gasteiger partial charge on any atom is -0.508 e. The fourth-order valence-corrected chi connectivity index (χ4v) is 4.01. The highest BCUT2D eigenvalue weighted by atomic mass is 32.1. The summed E-state index contributed by atoms with van der Waals surface area (Å²) in [6.45, 7) is 2.72. The molecule has 2 N–H and O–H groups in total. The molecule has 0 atom stereocenters. The van der Waals surface area contributed by atoms with Crippen LogP contribution in [0.3, 0.4) is 0 Å². The van der Waals surface area contributed by atoms with Crippen LogP contribution in [0.4, 0.5) is 0 Å². The largest absolute Gasteiger partial charge is 0.508 e. The Morgan fingerprint density at radius 1 is 1.08 bits per heavy atom. The van der Waals surface area contributed by atoms with E-state index in [1.807, 2.05) is 24.3 Å². The lowest BCUT2D eigenvalue weighted by Crippen LogP contribution is -2.25. The van der Waals surface area contributed by atoms with Gasteiger partial charge in [0.25, 0.3) is 5.91 Å². The first-order valence-corrected chi connectivity index (χ1v) is 9.07. The molecule has 3 nitrogen and oxygen atoms in total. The van der Waals surface area contributed by atoms with Crippen molar-refractivity contribution in [3.05, 3.63) is 64.5 Å². The molecule has 0 radical (unpaired) electrons. The molecule has 0 spiro atoms. The highest BCUT2D eigenvalue weighted by Gasteiger charge is 2.17. The number of carbonyl (C=O) groups excluding carboxylic acids is 1. The Morgan fingerprint density at radius 3 is 2.58 bits per heavy atom. The van der Waals surface area contributed by atoms with Gasteiger partial charge in [-0.15, -0.1) is 11.3 Å². The van der Waals surface area contributed by atoms with Gasteiger partial charge in [-0.2, -0.15) is 0 Å². The van der Waals surface area contributed by atoms with Gasteiger partial charge in [-0.25, -0.2) is 0 Å². The smallest absolute Gasteiger partial charge is 0.261 e. The van der Waals surface area contributed by atoms with Crippen LogP contribution in [0.5, 0.6) is 5.75 Å². The van der Waals surface area contributed by atoms with Gasteiger partial charge in [0.1, 0.15) is 5.75 Å². The van der Waals surface area contributed by atoms with Crippen LogP contribution >= 0.6 is 11.3 Å². The van der Waals surface area contributed by atoms with E-state index in [-0.39, 0.29) is 11.7 Å². The van der Waals surface area contributed by atoms with E-state index in [9.17, 15) is 9.90 Å². The van der Waals surface area contributed by atoms with E-state index >= 15 is 0 Å². The van der Waals surface area contributed by atoms with E-state index in [0.29, 0.717) is 6.54 Å². The van der Waals surface area contributed by atoms with Gasteiger partial charge in [0, 0.05) is 11.2 Å². The zero-order valence-corrected chi connectivity index (χ0v) is 14.5. The van der Waals surface area contributed by atoms with Crippen molar-refractivity contribution in [3.63, 3.8) is 0 Å². The van der Waals surface area contributed by atoms with Crippen LogP contribution in [0, 0.1) is 0 Å². The summed E-state index contributed by atoms with van der Waals surface area (Å²) in [6, 6.07) is 15.3. The third-order valence-electron chi connectivity index (χ3n) is 4.04. The normalized spacial score (nSPS) is 10.9. The van der Waals surface area contributed by atoms with Crippen LogP contribution in [0.2, 0.25) is 0 Å². The van der Waals surface area contributed by atoms with E-state index < -0.39 is 0 Å². The standard InChI is InChI=1S/C20H21NO2S/c1-2-5-17-16-6-3-4-7-18(16)24-19(17)20(23)21-13-12-14-8-10-15(22)11-9-14/h3-4,6-11,22H,2,5,12-13H2,1H3,(H,21,23). The molecule has 3 aromatic rings. The first-order valence-electron chi connectivity index (χ1n) is 8.25. The summed E-state index contributed by atoms with van der Waals surface area (Å²) >= 11 is 1.58. The van der Waals surface area contributed by atoms with E-state index in [1.54, 1.807) is 23.5 Å². The molecule has 1 amide bonds. The number of benzene rings is 2. The summed E-state index contributed by atoms with van der Waals surface area (Å²) in [6.07, 6.45) is 2.69. The zero-order valence-electron chi connectivity index (χ0n) is 13.7. The number of fused-ring (bicyclic) bond motifs is 1. The van der Waals surface area contributed by atoms with Crippen LogP contribution < -0.4 is 5.32 Å². The summed E-state index contributed by atoms with van der Waals surface area (Å²) in [4.78, 5) is 13.5. The number of hydrogen-bond donors (Lipinski definition) is 2. The van der Waals surface area contributed by atoms with Crippen LogP contribution in [0.1, 0.15) is 34.1 Å². The number of phenolic OH excluding ortho intramolecular Hbond substituents is 1. The number of hydrogen-bond acceptors (Lipinski definition) is 3. The highest BCUT2D eigenvalue weighted by molar-refractivity contribution is 7.21. The molecule has 1 heterocycles. The van der Waals surface area contributed by atoms with Gasteiger partial charge in [-0.1, -0.05) is 43.7 Å². The Labute approximate surface area is 146 Å². The Bertz CT molecular complexity index is 836. The predicted molar refractivity (Wildman–Crippen MR) is 100.0 cm³/mol. The van der Waals surface area contributed by atoms with E-state index in [2.05, 4.69) is 24.4 Å². The molecule has 0 bridgehead atoms. The molecular formula is C20H21NO2S. The number of carbonyl (C=O) groups is 1. The van der Waals surface area contributed by atoms with Gasteiger partial charge in [-0.05, 0) is 47.6 Å². The lowest BCUT2D eigenvalue weighted by atomic mass is 10.1. The number of amides is 1. The minimum atomic E-state index is 0.0124. The van der Waals surface area contributed by atoms with Crippen molar-refractivity contribution in [2.75, 3.05) is 6.54 Å². The monoisotopic (exact) mass is 339 g/mol. The first-order chi connectivity index (χ1) is 11.7. The van der Waals surface area contributed by atoms with Crippen LogP contribution in [-0.4, -0.2) is 17.6 Å². The van der Waals surface area contributed by atoms with Gasteiger partial charge in [0.15, 0.2) is 0 Å². The molecule has 0 aliphatic rings. The Hall–Kier alpha value is -2.33. The van der Waals surface area contributed by atoms with Crippen molar-refractivity contribution in [1.82, 2.24) is 5.32 Å². The quantitative estimate of drug-likeness (QED) is 0.693. The fraction of sp³-hybridized carbons (Fsp3) is 0.250. The molecular weight excluding hydrogens is 318 g/mol. The second-order valence-corrected chi connectivity index (χ2v) is 6.88. The maximum atomic E-state index is 12.6. The molecule has 4 heteroatoms. The van der Waals surface area contributed by atoms with Crippen molar-refractivity contribution in [3.8, 4) is 5.75 Å². The molecule has 0 unspecified atom stereocenters. The Balaban J connectivity index is 1.71. The molecule has 0 saturated carbocycles. The summed E-state index contributed by atoms with van der Waals surface area (Å²) in [5.41, 5.74) is 2.26. The van der Waals surface area contributed by atoms with Crippen LogP contribution in [0.15, 0.2) is 48.5 Å². The van der Waals surface area contributed by atoms with Gasteiger partial charge < -0.3 is 10.4 Å². The molecule has 0 fully saturated rings. The number of aryl methyl sites for hydroxylation is 1. The number of phenols is 1. The predicted octanol–water partition coefficient (Wildman–Crippen LogP) is 4.53. The number of thiophene rings is 1. The zero-order chi connectivity index (χ0) is 16.9. The van der Waals surface area contributed by atoms with Crippen molar-refractivity contribution in [1.29, 1.82) is 0 Å². The van der Waals surface area contributed by atoms with Crippen molar-refractivity contribution in [2.24, 2.45) is 0 Å². The lowest BCUT2D eigenvalue weighted by molar-refractivity contribution is 0.0957. The van der Waals surface area contributed by atoms with E-state index in [1.165, 1.54) is 15.6 Å². The number of rotatable bonds is 6. The number of nitrogens with one attached hydrogen (secondary N) is 1. The molecule has 1 aromatic heterocycles. The maximum Gasteiger partial charge on any atom is 0.261 e. The third kappa shape index (κ3) is 3.60. The van der Waals surface area contributed by atoms with Crippen LogP contribution in [-0.2, 0) is 12.8 Å². The van der Waals surface area contributed by atoms with Crippen molar-refractivity contribution >= 4 is 27.3 Å². The van der Waals surface area contributed by atoms with Crippen molar-refractivity contribution < 1.29 is 9.90 Å². The average Bonchev–Trinajstić information content (AvgIpc) is 2.96. The van der Waals surface area contributed by atoms with E-state index in [4.69, 9.17) is 0 Å². The highest BCUT2D eigenvalue weighted by Crippen LogP contribution is 2.32. The molecule has 24 heavy (non-hydrogen) atoms. The SMILES string of the molecule is CCCc1c(C(=O)NCCc2ccc(O)cc2)sc2ccccc12. The van der Waals surface area contributed by atoms with Crippen LogP contribution in [0.25, 0.3) is 10.1 Å². The van der Waals surface area contributed by atoms with Gasteiger partial charge in [-0.3, -0.25) is 4.79 Å². The van der Waals surface area contributed by atoms with Gasteiger partial charge >= 0.3 is 0 Å². The maximum absolute atomic E-state index is 12.6. The minimum absolute atomic E-state index is 0.0124. The summed E-state index contributed by atoms with van der Waals surface area (Å²) in [5.74, 6) is 0.274. The topological polar surface area (TPSA) is 49.3 Å².